The van der Waals surface area contributed by atoms with Gasteiger partial charge < -0.3 is 10.2 Å². The quantitative estimate of drug-likeness (QED) is 0.785. The lowest BCUT2D eigenvalue weighted by Gasteiger charge is -2.31. The predicted octanol–water partition coefficient (Wildman–Crippen LogP) is 1.51. The van der Waals surface area contributed by atoms with Crippen LogP contribution in [0.15, 0.2) is 12.4 Å². The van der Waals surface area contributed by atoms with Crippen molar-refractivity contribution in [3.63, 3.8) is 0 Å². The molecular weight excluding hydrogens is 176 g/mol. The Labute approximate surface area is 84.4 Å². The highest BCUT2D eigenvalue weighted by atomic mass is 15.2. The summed E-state index contributed by atoms with van der Waals surface area (Å²) in [4.78, 5) is 10.7. The van der Waals surface area contributed by atoms with Gasteiger partial charge in [-0.15, -0.1) is 0 Å². The second-order valence-electron chi connectivity index (χ2n) is 3.53. The molecule has 1 aromatic heterocycles. The Morgan fingerprint density at radius 2 is 2.29 bits per heavy atom. The summed E-state index contributed by atoms with van der Waals surface area (Å²) in [6.07, 6.45) is 4.02. The summed E-state index contributed by atoms with van der Waals surface area (Å²) in [5.74, 6) is 1.98. The van der Waals surface area contributed by atoms with Crippen LogP contribution in [0.25, 0.3) is 0 Å². The Kier molecular flexibility index (Phi) is 2.81. The standard InChI is InChI=1S/C10H16N4/c1-2-4-11-9-7-10(13-8-12-9)14-5-3-6-14/h7-8H,2-6H2,1H3,(H,11,12,13). The summed E-state index contributed by atoms with van der Waals surface area (Å²) in [7, 11) is 0. The van der Waals surface area contributed by atoms with Crippen LogP contribution in [0.2, 0.25) is 0 Å². The van der Waals surface area contributed by atoms with Crippen LogP contribution in [-0.2, 0) is 0 Å². The van der Waals surface area contributed by atoms with Crippen LogP contribution in [0.3, 0.4) is 0 Å². The Morgan fingerprint density at radius 3 is 2.93 bits per heavy atom. The van der Waals surface area contributed by atoms with Gasteiger partial charge in [-0.1, -0.05) is 6.92 Å². The number of nitrogens with zero attached hydrogens (tertiary/aromatic N) is 3. The van der Waals surface area contributed by atoms with Gasteiger partial charge in [-0.3, -0.25) is 0 Å². The van der Waals surface area contributed by atoms with Gasteiger partial charge in [0.05, 0.1) is 0 Å². The van der Waals surface area contributed by atoms with Gasteiger partial charge in [0.2, 0.25) is 0 Å². The van der Waals surface area contributed by atoms with Crippen molar-refractivity contribution in [3.8, 4) is 0 Å². The molecule has 14 heavy (non-hydrogen) atoms. The third kappa shape index (κ3) is 1.95. The highest BCUT2D eigenvalue weighted by Gasteiger charge is 2.15. The Morgan fingerprint density at radius 1 is 1.43 bits per heavy atom. The van der Waals surface area contributed by atoms with E-state index in [2.05, 4.69) is 27.1 Å². The average molecular weight is 192 g/mol. The van der Waals surface area contributed by atoms with Crippen LogP contribution in [0, 0.1) is 0 Å². The van der Waals surface area contributed by atoms with E-state index in [1.54, 1.807) is 6.33 Å². The lowest BCUT2D eigenvalue weighted by atomic mass is 10.2. The first-order valence-corrected chi connectivity index (χ1v) is 5.21. The third-order valence-corrected chi connectivity index (χ3v) is 2.39. The van der Waals surface area contributed by atoms with E-state index < -0.39 is 0 Å². The second-order valence-corrected chi connectivity index (χ2v) is 3.53. The summed E-state index contributed by atoms with van der Waals surface area (Å²) in [6, 6.07) is 2.02. The van der Waals surface area contributed by atoms with E-state index >= 15 is 0 Å². The van der Waals surface area contributed by atoms with Crippen molar-refractivity contribution in [2.24, 2.45) is 0 Å². The molecule has 4 nitrogen and oxygen atoms in total. The molecule has 0 aliphatic carbocycles. The molecule has 0 aromatic carbocycles. The lowest BCUT2D eigenvalue weighted by Crippen LogP contribution is -2.37. The summed E-state index contributed by atoms with van der Waals surface area (Å²) in [5.41, 5.74) is 0. The largest absolute Gasteiger partial charge is 0.370 e. The van der Waals surface area contributed by atoms with Crippen molar-refractivity contribution in [2.45, 2.75) is 19.8 Å². The first-order chi connectivity index (χ1) is 6.90. The molecule has 0 amide bonds. The molecule has 1 saturated heterocycles. The monoisotopic (exact) mass is 192 g/mol. The SMILES string of the molecule is CCCNc1cc(N2CCC2)ncn1. The van der Waals surface area contributed by atoms with Crippen LogP contribution in [0.5, 0.6) is 0 Å². The summed E-state index contributed by atoms with van der Waals surface area (Å²) in [6.45, 7) is 5.37. The molecule has 1 aliphatic rings. The molecule has 2 heterocycles. The van der Waals surface area contributed by atoms with Crippen molar-refractivity contribution < 1.29 is 0 Å². The van der Waals surface area contributed by atoms with Gasteiger partial charge in [0.15, 0.2) is 0 Å². The second kappa shape index (κ2) is 4.26. The van der Waals surface area contributed by atoms with E-state index in [9.17, 15) is 0 Å². The van der Waals surface area contributed by atoms with E-state index in [4.69, 9.17) is 0 Å². The van der Waals surface area contributed by atoms with Gasteiger partial charge in [-0.2, -0.15) is 0 Å². The molecule has 0 saturated carbocycles. The maximum absolute atomic E-state index is 4.24. The minimum atomic E-state index is 0.934. The van der Waals surface area contributed by atoms with Crippen molar-refractivity contribution in [2.75, 3.05) is 29.9 Å². The molecule has 0 radical (unpaired) electrons. The molecule has 1 N–H and O–H groups in total. The lowest BCUT2D eigenvalue weighted by molar-refractivity contribution is 0.609. The molecule has 4 heteroatoms. The molecule has 2 rings (SSSR count). The molecule has 0 atom stereocenters. The number of rotatable bonds is 4. The summed E-state index contributed by atoms with van der Waals surface area (Å²) < 4.78 is 0. The van der Waals surface area contributed by atoms with Gasteiger partial charge in [0, 0.05) is 25.7 Å². The van der Waals surface area contributed by atoms with E-state index in [0.29, 0.717) is 0 Å². The molecule has 1 aliphatic heterocycles. The smallest absolute Gasteiger partial charge is 0.134 e. The van der Waals surface area contributed by atoms with E-state index in [1.165, 1.54) is 6.42 Å². The fourth-order valence-corrected chi connectivity index (χ4v) is 1.42. The maximum atomic E-state index is 4.24. The number of anilines is 2. The minimum Gasteiger partial charge on any atom is -0.370 e. The van der Waals surface area contributed by atoms with Crippen LogP contribution in [-0.4, -0.2) is 29.6 Å². The summed E-state index contributed by atoms with van der Waals surface area (Å²) in [5, 5.41) is 3.26. The number of hydrogen-bond donors (Lipinski definition) is 1. The number of aromatic nitrogens is 2. The van der Waals surface area contributed by atoms with Crippen molar-refractivity contribution >= 4 is 11.6 Å². The number of nitrogens with one attached hydrogen (secondary N) is 1. The fraction of sp³-hybridized carbons (Fsp3) is 0.600. The van der Waals surface area contributed by atoms with Gasteiger partial charge in [0.1, 0.15) is 18.0 Å². The molecule has 0 bridgehead atoms. The van der Waals surface area contributed by atoms with E-state index in [1.807, 2.05) is 6.07 Å². The van der Waals surface area contributed by atoms with E-state index in [-0.39, 0.29) is 0 Å². The molecule has 0 spiro atoms. The number of hydrogen-bond acceptors (Lipinski definition) is 4. The van der Waals surface area contributed by atoms with E-state index in [0.717, 1.165) is 37.7 Å². The van der Waals surface area contributed by atoms with Gasteiger partial charge in [-0.25, -0.2) is 9.97 Å². The fourth-order valence-electron chi connectivity index (χ4n) is 1.42. The first kappa shape index (κ1) is 9.24. The zero-order valence-electron chi connectivity index (χ0n) is 8.53. The van der Waals surface area contributed by atoms with Gasteiger partial charge in [0.25, 0.3) is 0 Å². The van der Waals surface area contributed by atoms with Crippen LogP contribution < -0.4 is 10.2 Å². The highest BCUT2D eigenvalue weighted by molar-refractivity contribution is 5.49. The third-order valence-electron chi connectivity index (χ3n) is 2.39. The minimum absolute atomic E-state index is 0.934. The Hall–Kier alpha value is -1.32. The molecule has 76 valence electrons. The van der Waals surface area contributed by atoms with Crippen LogP contribution in [0.4, 0.5) is 11.6 Å². The normalized spacial score (nSPS) is 15.1. The molecule has 1 aromatic rings. The molecule has 1 fully saturated rings. The highest BCUT2D eigenvalue weighted by Crippen LogP contribution is 2.19. The predicted molar refractivity (Wildman–Crippen MR) is 57.6 cm³/mol. The van der Waals surface area contributed by atoms with Crippen molar-refractivity contribution in [1.82, 2.24) is 9.97 Å². The Bertz CT molecular complexity index is 296. The Balaban J connectivity index is 2.02. The molecule has 0 unspecified atom stereocenters. The summed E-state index contributed by atoms with van der Waals surface area (Å²) >= 11 is 0. The topological polar surface area (TPSA) is 41.0 Å². The van der Waals surface area contributed by atoms with Crippen molar-refractivity contribution in [3.05, 3.63) is 12.4 Å². The van der Waals surface area contributed by atoms with Crippen LogP contribution >= 0.6 is 0 Å². The molecular formula is C10H16N4. The average Bonchev–Trinajstić information content (AvgIpc) is 2.13. The van der Waals surface area contributed by atoms with Crippen molar-refractivity contribution in [1.29, 1.82) is 0 Å². The van der Waals surface area contributed by atoms with Gasteiger partial charge >= 0.3 is 0 Å². The van der Waals surface area contributed by atoms with Gasteiger partial charge in [-0.05, 0) is 12.8 Å². The zero-order valence-corrected chi connectivity index (χ0v) is 8.53. The zero-order chi connectivity index (χ0) is 9.80. The maximum Gasteiger partial charge on any atom is 0.134 e. The first-order valence-electron chi connectivity index (χ1n) is 5.21. The van der Waals surface area contributed by atoms with Crippen LogP contribution in [0.1, 0.15) is 19.8 Å².